The third kappa shape index (κ3) is 4.06. The number of nitrogens with zero attached hydrogens (tertiary/aromatic N) is 3. The standard InChI is InChI=1S/C20H23ClN4O/c21-17-5-6-19(22-13-17)23-20(26)14-24-7-9-25(10-8-24)18-11-15-3-1-2-4-16(15)12-18/h1-6,13,18H,7-12,14H2,(H,22,23,26). The van der Waals surface area contributed by atoms with Gasteiger partial charge in [0, 0.05) is 38.4 Å². The molecule has 6 heteroatoms. The summed E-state index contributed by atoms with van der Waals surface area (Å²) in [6.45, 7) is 4.29. The lowest BCUT2D eigenvalue weighted by molar-refractivity contribution is -0.117. The van der Waals surface area contributed by atoms with Gasteiger partial charge in [-0.25, -0.2) is 4.98 Å². The van der Waals surface area contributed by atoms with E-state index in [1.807, 2.05) is 0 Å². The maximum Gasteiger partial charge on any atom is 0.239 e. The van der Waals surface area contributed by atoms with Gasteiger partial charge < -0.3 is 5.32 Å². The summed E-state index contributed by atoms with van der Waals surface area (Å²) in [6.07, 6.45) is 3.84. The van der Waals surface area contributed by atoms with Gasteiger partial charge in [0.15, 0.2) is 0 Å². The molecule has 1 aliphatic carbocycles. The zero-order valence-corrected chi connectivity index (χ0v) is 15.5. The van der Waals surface area contributed by atoms with Crippen LogP contribution in [0.2, 0.25) is 5.02 Å². The number of anilines is 1. The van der Waals surface area contributed by atoms with Gasteiger partial charge in [-0.2, -0.15) is 0 Å². The molecule has 4 rings (SSSR count). The molecule has 1 amide bonds. The first-order valence-corrected chi connectivity index (χ1v) is 9.50. The van der Waals surface area contributed by atoms with Crippen molar-refractivity contribution >= 4 is 23.3 Å². The number of halogens is 1. The van der Waals surface area contributed by atoms with Gasteiger partial charge in [-0.3, -0.25) is 14.6 Å². The molecule has 1 saturated heterocycles. The summed E-state index contributed by atoms with van der Waals surface area (Å²) in [5, 5.41) is 3.39. The molecule has 0 saturated carbocycles. The highest BCUT2D eigenvalue weighted by molar-refractivity contribution is 6.30. The van der Waals surface area contributed by atoms with Gasteiger partial charge in [0.25, 0.3) is 0 Å². The molecule has 1 N–H and O–H groups in total. The van der Waals surface area contributed by atoms with E-state index >= 15 is 0 Å². The Labute approximate surface area is 159 Å². The van der Waals surface area contributed by atoms with Crippen LogP contribution in [0, 0.1) is 0 Å². The zero-order chi connectivity index (χ0) is 17.9. The van der Waals surface area contributed by atoms with E-state index < -0.39 is 0 Å². The molecule has 1 aliphatic heterocycles. The Morgan fingerprint density at radius 2 is 1.77 bits per heavy atom. The number of amides is 1. The highest BCUT2D eigenvalue weighted by atomic mass is 35.5. The van der Waals surface area contributed by atoms with E-state index in [0.717, 1.165) is 39.0 Å². The zero-order valence-electron chi connectivity index (χ0n) is 14.7. The van der Waals surface area contributed by atoms with Crippen molar-refractivity contribution in [2.75, 3.05) is 38.0 Å². The van der Waals surface area contributed by atoms with Crippen LogP contribution in [0.5, 0.6) is 0 Å². The lowest BCUT2D eigenvalue weighted by Gasteiger charge is -2.37. The number of fused-ring (bicyclic) bond motifs is 1. The van der Waals surface area contributed by atoms with Gasteiger partial charge in [0.1, 0.15) is 5.82 Å². The number of rotatable bonds is 4. The van der Waals surface area contributed by atoms with Gasteiger partial charge >= 0.3 is 0 Å². The summed E-state index contributed by atoms with van der Waals surface area (Å²) in [6, 6.07) is 12.8. The molecule has 2 heterocycles. The topological polar surface area (TPSA) is 48.5 Å². The summed E-state index contributed by atoms with van der Waals surface area (Å²) in [7, 11) is 0. The smallest absolute Gasteiger partial charge is 0.239 e. The Morgan fingerprint density at radius 1 is 1.08 bits per heavy atom. The third-order valence-electron chi connectivity index (χ3n) is 5.31. The molecule has 136 valence electrons. The lowest BCUT2D eigenvalue weighted by Crippen LogP contribution is -2.52. The Balaban J connectivity index is 1.24. The van der Waals surface area contributed by atoms with Crippen molar-refractivity contribution in [3.63, 3.8) is 0 Å². The summed E-state index contributed by atoms with van der Waals surface area (Å²) in [4.78, 5) is 21.1. The predicted molar refractivity (Wildman–Crippen MR) is 104 cm³/mol. The number of aromatic nitrogens is 1. The molecule has 0 radical (unpaired) electrons. The highest BCUT2D eigenvalue weighted by Crippen LogP contribution is 2.26. The molecule has 0 bridgehead atoms. The summed E-state index contributed by atoms with van der Waals surface area (Å²) in [5.74, 6) is 0.517. The second kappa shape index (κ2) is 7.74. The number of hydrogen-bond donors (Lipinski definition) is 1. The number of piperazine rings is 1. The van der Waals surface area contributed by atoms with Crippen molar-refractivity contribution in [2.45, 2.75) is 18.9 Å². The third-order valence-corrected chi connectivity index (χ3v) is 5.54. The maximum atomic E-state index is 12.2. The number of carbonyl (C=O) groups is 1. The minimum atomic E-state index is -0.0263. The lowest BCUT2D eigenvalue weighted by atomic mass is 10.1. The van der Waals surface area contributed by atoms with Crippen LogP contribution in [0.25, 0.3) is 0 Å². The van der Waals surface area contributed by atoms with Gasteiger partial charge in [-0.15, -0.1) is 0 Å². The monoisotopic (exact) mass is 370 g/mol. The van der Waals surface area contributed by atoms with Crippen LogP contribution < -0.4 is 5.32 Å². The first-order chi connectivity index (χ1) is 12.7. The molecule has 0 unspecified atom stereocenters. The van der Waals surface area contributed by atoms with Crippen molar-refractivity contribution in [1.29, 1.82) is 0 Å². The van der Waals surface area contributed by atoms with Crippen LogP contribution in [0.15, 0.2) is 42.6 Å². The first kappa shape index (κ1) is 17.5. The molecule has 1 fully saturated rings. The average molecular weight is 371 g/mol. The van der Waals surface area contributed by atoms with E-state index in [2.05, 4.69) is 44.4 Å². The quantitative estimate of drug-likeness (QED) is 0.898. The minimum Gasteiger partial charge on any atom is -0.310 e. The number of carbonyl (C=O) groups excluding carboxylic acids is 1. The van der Waals surface area contributed by atoms with Crippen molar-refractivity contribution in [3.8, 4) is 0 Å². The average Bonchev–Trinajstić information content (AvgIpc) is 3.08. The Hall–Kier alpha value is -1.95. The Kier molecular flexibility index (Phi) is 5.20. The van der Waals surface area contributed by atoms with E-state index in [1.54, 1.807) is 12.1 Å². The van der Waals surface area contributed by atoms with Crippen LogP contribution in [0.4, 0.5) is 5.82 Å². The molecule has 26 heavy (non-hydrogen) atoms. The molecule has 1 aromatic carbocycles. The second-order valence-electron chi connectivity index (χ2n) is 7.05. The molecule has 0 atom stereocenters. The fraction of sp³-hybridized carbons (Fsp3) is 0.400. The highest BCUT2D eigenvalue weighted by Gasteiger charge is 2.29. The van der Waals surface area contributed by atoms with Gasteiger partial charge in [0.05, 0.1) is 11.6 Å². The summed E-state index contributed by atoms with van der Waals surface area (Å²) in [5.41, 5.74) is 2.99. The molecular weight excluding hydrogens is 348 g/mol. The Morgan fingerprint density at radius 3 is 2.38 bits per heavy atom. The Bertz CT molecular complexity index is 747. The number of hydrogen-bond acceptors (Lipinski definition) is 4. The van der Waals surface area contributed by atoms with Crippen LogP contribution in [-0.4, -0.2) is 59.5 Å². The molecule has 1 aromatic heterocycles. The van der Waals surface area contributed by atoms with Crippen molar-refractivity contribution in [1.82, 2.24) is 14.8 Å². The molecule has 2 aromatic rings. The fourth-order valence-electron chi connectivity index (χ4n) is 3.92. The van der Waals surface area contributed by atoms with E-state index in [1.165, 1.54) is 17.3 Å². The van der Waals surface area contributed by atoms with Crippen molar-refractivity contribution < 1.29 is 4.79 Å². The fourth-order valence-corrected chi connectivity index (χ4v) is 4.03. The molecule has 0 spiro atoms. The minimum absolute atomic E-state index is 0.0263. The van der Waals surface area contributed by atoms with Crippen molar-refractivity contribution in [2.24, 2.45) is 0 Å². The van der Waals surface area contributed by atoms with E-state index in [0.29, 0.717) is 23.4 Å². The SMILES string of the molecule is O=C(CN1CCN(C2Cc3ccccc3C2)CC1)Nc1ccc(Cl)cn1. The molecule has 2 aliphatic rings. The van der Waals surface area contributed by atoms with Crippen molar-refractivity contribution in [3.05, 3.63) is 58.7 Å². The van der Waals surface area contributed by atoms with Crippen LogP contribution in [0.3, 0.4) is 0 Å². The van der Waals surface area contributed by atoms with E-state index in [9.17, 15) is 4.79 Å². The van der Waals surface area contributed by atoms with Gasteiger partial charge in [-0.1, -0.05) is 35.9 Å². The van der Waals surface area contributed by atoms with Crippen LogP contribution in [0.1, 0.15) is 11.1 Å². The number of nitrogens with one attached hydrogen (secondary N) is 1. The molecule has 5 nitrogen and oxygen atoms in total. The predicted octanol–water partition coefficient (Wildman–Crippen LogP) is 2.46. The van der Waals surface area contributed by atoms with Gasteiger partial charge in [0.2, 0.25) is 5.91 Å². The van der Waals surface area contributed by atoms with Crippen LogP contribution >= 0.6 is 11.6 Å². The summed E-state index contributed by atoms with van der Waals surface area (Å²) < 4.78 is 0. The van der Waals surface area contributed by atoms with E-state index in [-0.39, 0.29) is 5.91 Å². The summed E-state index contributed by atoms with van der Waals surface area (Å²) >= 11 is 5.81. The number of benzene rings is 1. The van der Waals surface area contributed by atoms with Crippen LogP contribution in [-0.2, 0) is 17.6 Å². The number of pyridine rings is 1. The maximum absolute atomic E-state index is 12.2. The van der Waals surface area contributed by atoms with Gasteiger partial charge in [-0.05, 0) is 36.1 Å². The first-order valence-electron chi connectivity index (χ1n) is 9.12. The normalized spacial score (nSPS) is 18.7. The molecular formula is C20H23ClN4O. The second-order valence-corrected chi connectivity index (χ2v) is 7.49. The largest absolute Gasteiger partial charge is 0.310 e. The van der Waals surface area contributed by atoms with E-state index in [4.69, 9.17) is 11.6 Å².